The maximum Gasteiger partial charge on any atom is 0.0400 e. The summed E-state index contributed by atoms with van der Waals surface area (Å²) in [7, 11) is 0. The molecule has 20 heavy (non-hydrogen) atoms. The Kier molecular flexibility index (Phi) is 3.91. The lowest BCUT2D eigenvalue weighted by Crippen LogP contribution is -2.17. The van der Waals surface area contributed by atoms with E-state index in [0.29, 0.717) is 0 Å². The van der Waals surface area contributed by atoms with Crippen molar-refractivity contribution in [1.29, 1.82) is 0 Å². The van der Waals surface area contributed by atoms with Gasteiger partial charge in [-0.1, -0.05) is 30.3 Å². The van der Waals surface area contributed by atoms with Gasteiger partial charge in [0.05, 0.1) is 0 Å². The van der Waals surface area contributed by atoms with Crippen molar-refractivity contribution in [3.63, 3.8) is 0 Å². The summed E-state index contributed by atoms with van der Waals surface area (Å²) in [5.74, 6) is 0. The maximum atomic E-state index is 3.53. The Hall–Kier alpha value is -1.96. The number of benzene rings is 2. The second-order valence-electron chi connectivity index (χ2n) is 5.53. The van der Waals surface area contributed by atoms with Gasteiger partial charge >= 0.3 is 0 Å². The highest BCUT2D eigenvalue weighted by atomic mass is 15.1. The zero-order valence-corrected chi connectivity index (χ0v) is 12.1. The van der Waals surface area contributed by atoms with Gasteiger partial charge in [0.2, 0.25) is 0 Å². The topological polar surface area (TPSA) is 15.3 Å². The number of rotatable bonds is 4. The van der Waals surface area contributed by atoms with Crippen LogP contribution in [0.15, 0.2) is 48.5 Å². The van der Waals surface area contributed by atoms with E-state index in [1.165, 1.54) is 48.4 Å². The first-order valence-electron chi connectivity index (χ1n) is 7.46. The Morgan fingerprint density at radius 1 is 1.00 bits per heavy atom. The van der Waals surface area contributed by atoms with Crippen molar-refractivity contribution in [2.75, 3.05) is 23.3 Å². The van der Waals surface area contributed by atoms with Crippen molar-refractivity contribution in [2.45, 2.75) is 26.3 Å². The molecular formula is C18H22N2. The first-order chi connectivity index (χ1) is 9.83. The lowest BCUT2D eigenvalue weighted by molar-refractivity contribution is 0.949. The normalized spacial score (nSPS) is 14.6. The zero-order chi connectivity index (χ0) is 13.8. The van der Waals surface area contributed by atoms with E-state index >= 15 is 0 Å². The average molecular weight is 266 g/mol. The van der Waals surface area contributed by atoms with E-state index in [1.807, 2.05) is 0 Å². The zero-order valence-electron chi connectivity index (χ0n) is 12.1. The fourth-order valence-corrected chi connectivity index (χ4v) is 2.81. The fourth-order valence-electron chi connectivity index (χ4n) is 2.81. The van der Waals surface area contributed by atoms with E-state index < -0.39 is 0 Å². The number of nitrogens with zero attached hydrogens (tertiary/aromatic N) is 1. The molecule has 0 atom stereocenters. The summed E-state index contributed by atoms with van der Waals surface area (Å²) in [4.78, 5) is 2.48. The average Bonchev–Trinajstić information content (AvgIpc) is 3.01. The summed E-state index contributed by atoms with van der Waals surface area (Å²) in [5.41, 5.74) is 5.24. The third-order valence-electron chi connectivity index (χ3n) is 4.01. The number of aryl methyl sites for hydroxylation is 1. The molecule has 0 amide bonds. The Labute approximate surface area is 121 Å². The number of hydrogen-bond donors (Lipinski definition) is 1. The lowest BCUT2D eigenvalue weighted by atomic mass is 10.1. The molecule has 0 aromatic heterocycles. The van der Waals surface area contributed by atoms with E-state index in [9.17, 15) is 0 Å². The highest BCUT2D eigenvalue weighted by molar-refractivity contribution is 5.60. The predicted octanol–water partition coefficient (Wildman–Crippen LogP) is 4.21. The van der Waals surface area contributed by atoms with E-state index in [1.54, 1.807) is 0 Å². The molecule has 0 saturated carbocycles. The largest absolute Gasteiger partial charge is 0.381 e. The van der Waals surface area contributed by atoms with Gasteiger partial charge in [0.15, 0.2) is 0 Å². The standard InChI is InChI=1S/C18H22N2/c1-15-13-17(20-11-5-6-12-20)9-10-18(15)19-14-16-7-3-2-4-8-16/h2-4,7-10,13,19H,5-6,11-12,14H2,1H3. The van der Waals surface area contributed by atoms with Gasteiger partial charge in [0.1, 0.15) is 0 Å². The van der Waals surface area contributed by atoms with Crippen molar-refractivity contribution >= 4 is 11.4 Å². The van der Waals surface area contributed by atoms with Gasteiger partial charge < -0.3 is 10.2 Å². The van der Waals surface area contributed by atoms with E-state index in [4.69, 9.17) is 0 Å². The minimum Gasteiger partial charge on any atom is -0.381 e. The van der Waals surface area contributed by atoms with Crippen LogP contribution >= 0.6 is 0 Å². The number of anilines is 2. The monoisotopic (exact) mass is 266 g/mol. The van der Waals surface area contributed by atoms with Gasteiger partial charge in [0, 0.05) is 31.0 Å². The molecule has 1 heterocycles. The first-order valence-corrected chi connectivity index (χ1v) is 7.46. The summed E-state index contributed by atoms with van der Waals surface area (Å²) < 4.78 is 0. The summed E-state index contributed by atoms with van der Waals surface area (Å²) in [6.07, 6.45) is 2.65. The van der Waals surface area contributed by atoms with Crippen molar-refractivity contribution < 1.29 is 0 Å². The molecule has 2 nitrogen and oxygen atoms in total. The third-order valence-corrected chi connectivity index (χ3v) is 4.01. The van der Waals surface area contributed by atoms with Crippen LogP contribution in [0.3, 0.4) is 0 Å². The molecule has 0 aliphatic carbocycles. The van der Waals surface area contributed by atoms with Gasteiger partial charge in [-0.25, -0.2) is 0 Å². The molecule has 0 bridgehead atoms. The molecule has 1 saturated heterocycles. The summed E-state index contributed by atoms with van der Waals surface area (Å²) >= 11 is 0. The van der Waals surface area contributed by atoms with Crippen molar-refractivity contribution in [3.05, 3.63) is 59.7 Å². The molecule has 0 spiro atoms. The second kappa shape index (κ2) is 6.00. The Morgan fingerprint density at radius 2 is 1.75 bits per heavy atom. The van der Waals surface area contributed by atoms with Gasteiger partial charge in [-0.3, -0.25) is 0 Å². The SMILES string of the molecule is Cc1cc(N2CCCC2)ccc1NCc1ccccc1. The number of hydrogen-bond acceptors (Lipinski definition) is 2. The van der Waals surface area contributed by atoms with Crippen LogP contribution < -0.4 is 10.2 Å². The van der Waals surface area contributed by atoms with Gasteiger partial charge in [-0.2, -0.15) is 0 Å². The molecule has 1 fully saturated rings. The highest BCUT2D eigenvalue weighted by Gasteiger charge is 2.12. The smallest absolute Gasteiger partial charge is 0.0400 e. The Balaban J connectivity index is 1.68. The van der Waals surface area contributed by atoms with Crippen LogP contribution in [0.4, 0.5) is 11.4 Å². The van der Waals surface area contributed by atoms with Gasteiger partial charge in [-0.05, 0) is 49.1 Å². The molecule has 2 aromatic carbocycles. The molecule has 0 unspecified atom stereocenters. The van der Waals surface area contributed by atoms with E-state index in [2.05, 4.69) is 65.7 Å². The molecule has 2 aromatic rings. The molecule has 1 N–H and O–H groups in total. The molecule has 0 radical (unpaired) electrons. The summed E-state index contributed by atoms with van der Waals surface area (Å²) in [6, 6.07) is 17.3. The number of nitrogens with one attached hydrogen (secondary N) is 1. The third kappa shape index (κ3) is 2.96. The predicted molar refractivity (Wildman–Crippen MR) is 86.4 cm³/mol. The molecule has 2 heteroatoms. The molecule has 3 rings (SSSR count). The molecule has 1 aliphatic rings. The summed E-state index contributed by atoms with van der Waals surface area (Å²) in [6.45, 7) is 5.48. The molecular weight excluding hydrogens is 244 g/mol. The fraction of sp³-hybridized carbons (Fsp3) is 0.333. The van der Waals surface area contributed by atoms with Crippen LogP contribution in [-0.4, -0.2) is 13.1 Å². The molecule has 1 aliphatic heterocycles. The van der Waals surface area contributed by atoms with Crippen LogP contribution in [-0.2, 0) is 6.54 Å². The van der Waals surface area contributed by atoms with Crippen LogP contribution in [0.1, 0.15) is 24.0 Å². The van der Waals surface area contributed by atoms with E-state index in [-0.39, 0.29) is 0 Å². The van der Waals surface area contributed by atoms with Crippen LogP contribution in [0.25, 0.3) is 0 Å². The van der Waals surface area contributed by atoms with Crippen LogP contribution in [0, 0.1) is 6.92 Å². The highest BCUT2D eigenvalue weighted by Crippen LogP contribution is 2.25. The lowest BCUT2D eigenvalue weighted by Gasteiger charge is -2.19. The summed E-state index contributed by atoms with van der Waals surface area (Å²) in [5, 5.41) is 3.53. The Bertz CT molecular complexity index is 557. The quantitative estimate of drug-likeness (QED) is 0.892. The maximum absolute atomic E-state index is 3.53. The second-order valence-corrected chi connectivity index (χ2v) is 5.53. The van der Waals surface area contributed by atoms with Crippen molar-refractivity contribution in [3.8, 4) is 0 Å². The Morgan fingerprint density at radius 3 is 2.45 bits per heavy atom. The van der Waals surface area contributed by atoms with Crippen molar-refractivity contribution in [1.82, 2.24) is 0 Å². The van der Waals surface area contributed by atoms with Crippen molar-refractivity contribution in [2.24, 2.45) is 0 Å². The minimum atomic E-state index is 0.880. The van der Waals surface area contributed by atoms with Gasteiger partial charge in [-0.15, -0.1) is 0 Å². The van der Waals surface area contributed by atoms with Gasteiger partial charge in [0.25, 0.3) is 0 Å². The van der Waals surface area contributed by atoms with E-state index in [0.717, 1.165) is 6.54 Å². The first kappa shape index (κ1) is 13.0. The molecule has 104 valence electrons. The minimum absolute atomic E-state index is 0.880. The van der Waals surface area contributed by atoms with Crippen LogP contribution in [0.5, 0.6) is 0 Å². The van der Waals surface area contributed by atoms with Crippen LogP contribution in [0.2, 0.25) is 0 Å².